The molecule has 4 heteroatoms. The Kier molecular flexibility index (Phi) is 4.96. The van der Waals surface area contributed by atoms with Crippen molar-refractivity contribution in [1.82, 2.24) is 0 Å². The number of allylic oxidation sites excluding steroid dienone is 4. The lowest BCUT2D eigenvalue weighted by molar-refractivity contribution is 0.0849. The van der Waals surface area contributed by atoms with Crippen LogP contribution in [0.25, 0.3) is 0 Å². The summed E-state index contributed by atoms with van der Waals surface area (Å²) >= 11 is 0. The molecular formula is C25H29N3O. The number of rotatable bonds is 4. The van der Waals surface area contributed by atoms with E-state index in [4.69, 9.17) is 4.84 Å². The maximum absolute atomic E-state index is 10.6. The molecule has 0 saturated carbocycles. The summed E-state index contributed by atoms with van der Waals surface area (Å²) in [6, 6.07) is 15.6. The van der Waals surface area contributed by atoms with Crippen molar-refractivity contribution >= 4 is 6.21 Å². The van der Waals surface area contributed by atoms with Gasteiger partial charge in [0.2, 0.25) is 0 Å². The standard InChI is InChI=1S/C25H29N3O/c1-16-18(3)25(14-27)19(4)17(2)24(16,13-26)21(20-11-9-8-10-12-20)22(25)23(5,6)15-28-29-7/h8-12,15,21-22H,1-7H3/b28-15+. The summed E-state index contributed by atoms with van der Waals surface area (Å²) in [4.78, 5) is 5.00. The van der Waals surface area contributed by atoms with Crippen LogP contribution in [-0.2, 0) is 4.84 Å². The molecule has 0 amide bonds. The third kappa shape index (κ3) is 2.45. The minimum atomic E-state index is -0.795. The van der Waals surface area contributed by atoms with Gasteiger partial charge in [-0.25, -0.2) is 0 Å². The molecule has 0 spiro atoms. The molecule has 3 aliphatic rings. The lowest BCUT2D eigenvalue weighted by Gasteiger charge is -2.62. The second-order valence-corrected chi connectivity index (χ2v) is 8.94. The van der Waals surface area contributed by atoms with Crippen LogP contribution in [0.1, 0.15) is 53.0 Å². The zero-order valence-electron chi connectivity index (χ0n) is 18.4. The van der Waals surface area contributed by atoms with Gasteiger partial charge < -0.3 is 4.84 Å². The van der Waals surface area contributed by atoms with Gasteiger partial charge in [-0.1, -0.05) is 49.3 Å². The topological polar surface area (TPSA) is 69.2 Å². The summed E-state index contributed by atoms with van der Waals surface area (Å²) in [5.41, 5.74) is 3.03. The van der Waals surface area contributed by atoms with E-state index in [1.165, 1.54) is 7.11 Å². The first-order valence-corrected chi connectivity index (χ1v) is 9.98. The fraction of sp³-hybridized carbons (Fsp3) is 0.480. The summed E-state index contributed by atoms with van der Waals surface area (Å²) in [5, 5.41) is 25.4. The average molecular weight is 388 g/mol. The largest absolute Gasteiger partial charge is 0.399 e. The van der Waals surface area contributed by atoms with E-state index in [2.05, 4.69) is 43.3 Å². The molecular weight excluding hydrogens is 358 g/mol. The highest BCUT2D eigenvalue weighted by Crippen LogP contribution is 2.72. The summed E-state index contributed by atoms with van der Waals surface area (Å²) in [5.74, 6) is -0.340. The molecule has 1 aromatic carbocycles. The van der Waals surface area contributed by atoms with E-state index in [1.807, 2.05) is 45.9 Å². The Hall–Kier alpha value is -2.85. The Morgan fingerprint density at radius 1 is 0.931 bits per heavy atom. The molecule has 2 unspecified atom stereocenters. The molecule has 0 heterocycles. The van der Waals surface area contributed by atoms with E-state index in [-0.39, 0.29) is 11.8 Å². The van der Waals surface area contributed by atoms with Gasteiger partial charge >= 0.3 is 0 Å². The number of benzene rings is 1. The van der Waals surface area contributed by atoms with Gasteiger partial charge in [0.15, 0.2) is 0 Å². The highest BCUT2D eigenvalue weighted by molar-refractivity contribution is 5.70. The number of fused-ring (bicyclic) bond motifs is 1. The molecule has 2 atom stereocenters. The van der Waals surface area contributed by atoms with Crippen molar-refractivity contribution in [3.8, 4) is 12.1 Å². The van der Waals surface area contributed by atoms with Crippen molar-refractivity contribution in [3.05, 3.63) is 58.2 Å². The third-order valence-electron chi connectivity index (χ3n) is 7.56. The van der Waals surface area contributed by atoms with E-state index in [9.17, 15) is 10.5 Å². The van der Waals surface area contributed by atoms with Crippen molar-refractivity contribution < 1.29 is 4.84 Å². The Balaban J connectivity index is 2.50. The van der Waals surface area contributed by atoms with Gasteiger partial charge in [-0.2, -0.15) is 10.5 Å². The van der Waals surface area contributed by atoms with Gasteiger partial charge in [-0.3, -0.25) is 0 Å². The Labute approximate surface area is 174 Å². The second-order valence-electron chi connectivity index (χ2n) is 8.94. The van der Waals surface area contributed by atoms with Gasteiger partial charge in [0.25, 0.3) is 0 Å². The minimum absolute atomic E-state index is 0.168. The Morgan fingerprint density at radius 3 is 1.86 bits per heavy atom. The maximum Gasteiger partial charge on any atom is 0.106 e. The molecule has 150 valence electrons. The molecule has 4 nitrogen and oxygen atoms in total. The van der Waals surface area contributed by atoms with Crippen LogP contribution in [0.2, 0.25) is 0 Å². The van der Waals surface area contributed by atoms with Gasteiger partial charge in [-0.15, -0.1) is 0 Å². The van der Waals surface area contributed by atoms with Crippen molar-refractivity contribution in [2.24, 2.45) is 27.3 Å². The van der Waals surface area contributed by atoms with Gasteiger partial charge in [0.1, 0.15) is 17.9 Å². The first-order chi connectivity index (χ1) is 13.7. The van der Waals surface area contributed by atoms with Crippen LogP contribution in [0.15, 0.2) is 57.8 Å². The van der Waals surface area contributed by atoms with E-state index in [0.717, 1.165) is 27.9 Å². The van der Waals surface area contributed by atoms with Crippen molar-refractivity contribution in [2.45, 2.75) is 47.5 Å². The molecule has 0 fully saturated rings. The van der Waals surface area contributed by atoms with Crippen LogP contribution >= 0.6 is 0 Å². The SMILES string of the molecule is CO/N=C/C(C)(C)C1C(c2ccccc2)C2(C#N)C(C)=C(C)C1(C#N)C(C)=C2C. The number of nitrogens with zero attached hydrogens (tertiary/aromatic N) is 3. The summed E-state index contributed by atoms with van der Waals surface area (Å²) < 4.78 is 0. The molecule has 4 rings (SSSR count). The lowest BCUT2D eigenvalue weighted by atomic mass is 9.38. The van der Waals surface area contributed by atoms with Crippen molar-refractivity contribution in [2.75, 3.05) is 7.11 Å². The first kappa shape index (κ1) is 20.9. The molecule has 0 radical (unpaired) electrons. The molecule has 0 aliphatic heterocycles. The fourth-order valence-electron chi connectivity index (χ4n) is 6.01. The average Bonchev–Trinajstić information content (AvgIpc) is 2.73. The predicted octanol–water partition coefficient (Wildman–Crippen LogP) is 5.76. The number of hydrogen-bond donors (Lipinski definition) is 0. The highest BCUT2D eigenvalue weighted by atomic mass is 16.6. The number of nitriles is 2. The maximum atomic E-state index is 10.6. The van der Waals surface area contributed by atoms with E-state index < -0.39 is 16.2 Å². The monoisotopic (exact) mass is 387 g/mol. The molecule has 29 heavy (non-hydrogen) atoms. The zero-order chi connectivity index (χ0) is 21.6. The highest BCUT2D eigenvalue weighted by Gasteiger charge is 2.67. The van der Waals surface area contributed by atoms with Gasteiger partial charge in [0.05, 0.1) is 12.1 Å². The Bertz CT molecular complexity index is 973. The van der Waals surface area contributed by atoms with Crippen LogP contribution in [0.3, 0.4) is 0 Å². The number of oxime groups is 1. The third-order valence-corrected chi connectivity index (χ3v) is 7.56. The minimum Gasteiger partial charge on any atom is -0.399 e. The van der Waals surface area contributed by atoms with Crippen LogP contribution in [-0.4, -0.2) is 13.3 Å². The zero-order valence-corrected chi connectivity index (χ0v) is 18.4. The van der Waals surface area contributed by atoms with E-state index in [1.54, 1.807) is 6.21 Å². The molecule has 2 bridgehead atoms. The van der Waals surface area contributed by atoms with Crippen molar-refractivity contribution in [1.29, 1.82) is 10.5 Å². The van der Waals surface area contributed by atoms with Gasteiger partial charge in [-0.05, 0) is 55.6 Å². The summed E-state index contributed by atoms with van der Waals surface area (Å²) in [6.07, 6.45) is 1.80. The van der Waals surface area contributed by atoms with Crippen molar-refractivity contribution in [3.63, 3.8) is 0 Å². The summed E-state index contributed by atoms with van der Waals surface area (Å²) in [7, 11) is 1.52. The summed E-state index contributed by atoms with van der Waals surface area (Å²) in [6.45, 7) is 12.3. The number of hydrogen-bond acceptors (Lipinski definition) is 4. The van der Waals surface area contributed by atoms with E-state index >= 15 is 0 Å². The molecule has 3 aliphatic carbocycles. The fourth-order valence-corrected chi connectivity index (χ4v) is 6.01. The van der Waals surface area contributed by atoms with E-state index in [0.29, 0.717) is 0 Å². The smallest absolute Gasteiger partial charge is 0.106 e. The normalized spacial score (nSPS) is 31.8. The molecule has 0 saturated heterocycles. The van der Waals surface area contributed by atoms with Crippen LogP contribution in [0.4, 0.5) is 0 Å². The quantitative estimate of drug-likeness (QED) is 0.374. The molecule has 1 aromatic rings. The Morgan fingerprint density at radius 2 is 1.41 bits per heavy atom. The van der Waals surface area contributed by atoms with Crippen LogP contribution < -0.4 is 0 Å². The lowest BCUT2D eigenvalue weighted by Crippen LogP contribution is -2.58. The molecule has 0 aromatic heterocycles. The first-order valence-electron chi connectivity index (χ1n) is 9.98. The molecule has 0 N–H and O–H groups in total. The predicted molar refractivity (Wildman–Crippen MR) is 115 cm³/mol. The van der Waals surface area contributed by atoms with Gasteiger partial charge in [0, 0.05) is 23.5 Å². The van der Waals surface area contributed by atoms with Crippen LogP contribution in [0.5, 0.6) is 0 Å². The van der Waals surface area contributed by atoms with Crippen LogP contribution in [0, 0.1) is 44.8 Å². The second kappa shape index (κ2) is 6.89.